The molecule has 1 aliphatic heterocycles. The predicted molar refractivity (Wildman–Crippen MR) is 89.2 cm³/mol. The first kappa shape index (κ1) is 16.7. The van der Waals surface area contributed by atoms with Crippen molar-refractivity contribution in [3.05, 3.63) is 53.2 Å². The van der Waals surface area contributed by atoms with E-state index in [0.29, 0.717) is 11.7 Å². The minimum absolute atomic E-state index is 0.0614. The first-order valence-corrected chi connectivity index (χ1v) is 8.65. The highest BCUT2D eigenvalue weighted by molar-refractivity contribution is 5.91. The van der Waals surface area contributed by atoms with Crippen molar-refractivity contribution in [2.24, 2.45) is 5.92 Å². The summed E-state index contributed by atoms with van der Waals surface area (Å²) in [7, 11) is 0. The number of likely N-dealkylation sites (tertiary alicyclic amines) is 1. The molecular formula is C19H23FN2O2. The van der Waals surface area contributed by atoms with Crippen LogP contribution in [0.2, 0.25) is 0 Å². The number of aryl methyl sites for hydroxylation is 2. The Hall–Kier alpha value is -2.17. The largest absolute Gasteiger partial charge is 0.351 e. The van der Waals surface area contributed by atoms with Crippen LogP contribution in [0.4, 0.5) is 4.39 Å². The van der Waals surface area contributed by atoms with Crippen LogP contribution in [0.1, 0.15) is 48.0 Å². The van der Waals surface area contributed by atoms with Gasteiger partial charge in [-0.3, -0.25) is 4.79 Å². The molecule has 0 bridgehead atoms. The van der Waals surface area contributed by atoms with Gasteiger partial charge in [0, 0.05) is 19.2 Å². The molecular weight excluding hydrogens is 307 g/mol. The smallest absolute Gasteiger partial charge is 0.292 e. The molecule has 1 atom stereocenters. The topological polar surface area (TPSA) is 46.3 Å². The van der Waals surface area contributed by atoms with Gasteiger partial charge in [-0.1, -0.05) is 24.2 Å². The van der Waals surface area contributed by atoms with Gasteiger partial charge in [0.25, 0.3) is 5.91 Å². The summed E-state index contributed by atoms with van der Waals surface area (Å²) < 4.78 is 18.1. The molecule has 2 heterocycles. The van der Waals surface area contributed by atoms with Gasteiger partial charge in [0.2, 0.25) is 5.76 Å². The molecule has 128 valence electrons. The maximum atomic E-state index is 13.0. The van der Waals surface area contributed by atoms with Crippen molar-refractivity contribution in [1.82, 2.24) is 10.1 Å². The average molecular weight is 330 g/mol. The number of rotatable bonds is 5. The number of carbonyl (C=O) groups excluding carboxylic acids is 1. The number of carbonyl (C=O) groups is 1. The van der Waals surface area contributed by atoms with E-state index in [-0.39, 0.29) is 11.7 Å². The summed E-state index contributed by atoms with van der Waals surface area (Å²) in [6.45, 7) is 3.51. The Balaban J connectivity index is 1.55. The van der Waals surface area contributed by atoms with Crippen LogP contribution in [-0.2, 0) is 12.8 Å². The second-order valence-electron chi connectivity index (χ2n) is 6.46. The van der Waals surface area contributed by atoms with Gasteiger partial charge in [-0.25, -0.2) is 4.39 Å². The fourth-order valence-corrected chi connectivity index (χ4v) is 3.24. The van der Waals surface area contributed by atoms with Gasteiger partial charge >= 0.3 is 0 Å². The summed E-state index contributed by atoms with van der Waals surface area (Å²) in [4.78, 5) is 14.4. The summed E-state index contributed by atoms with van der Waals surface area (Å²) in [6, 6.07) is 8.41. The number of halogens is 1. The Labute approximate surface area is 141 Å². The van der Waals surface area contributed by atoms with Gasteiger partial charge in [-0.2, -0.15) is 0 Å². The maximum absolute atomic E-state index is 13.0. The standard InChI is InChI=1S/C19H23FN2O2/c1-2-17-12-18(24-21-17)19(23)22-11-3-4-15(13-22)6-5-14-7-9-16(20)10-8-14/h7-10,12,15H,2-6,11,13H2,1H3/t15-/m0/s1. The molecule has 24 heavy (non-hydrogen) atoms. The van der Waals surface area contributed by atoms with E-state index in [2.05, 4.69) is 5.16 Å². The lowest BCUT2D eigenvalue weighted by Gasteiger charge is -2.32. The molecule has 0 aliphatic carbocycles. The summed E-state index contributed by atoms with van der Waals surface area (Å²) in [5.41, 5.74) is 1.95. The van der Waals surface area contributed by atoms with Crippen molar-refractivity contribution < 1.29 is 13.7 Å². The van der Waals surface area contributed by atoms with E-state index in [1.54, 1.807) is 6.07 Å². The van der Waals surface area contributed by atoms with Crippen LogP contribution in [0.25, 0.3) is 0 Å². The summed E-state index contributed by atoms with van der Waals surface area (Å²) >= 11 is 0. The summed E-state index contributed by atoms with van der Waals surface area (Å²) in [6.07, 6.45) is 4.81. The Morgan fingerprint density at radius 1 is 1.38 bits per heavy atom. The molecule has 3 rings (SSSR count). The van der Waals surface area contributed by atoms with E-state index in [1.165, 1.54) is 12.1 Å². The van der Waals surface area contributed by atoms with Crippen molar-refractivity contribution in [3.63, 3.8) is 0 Å². The SMILES string of the molecule is CCc1cc(C(=O)N2CCC[C@@H](CCc3ccc(F)cc3)C2)on1. The van der Waals surface area contributed by atoms with E-state index in [9.17, 15) is 9.18 Å². The lowest BCUT2D eigenvalue weighted by atomic mass is 9.91. The van der Waals surface area contributed by atoms with E-state index in [1.807, 2.05) is 24.0 Å². The van der Waals surface area contributed by atoms with Crippen molar-refractivity contribution >= 4 is 5.91 Å². The van der Waals surface area contributed by atoms with Crippen LogP contribution < -0.4 is 0 Å². The van der Waals surface area contributed by atoms with Gasteiger partial charge in [-0.15, -0.1) is 0 Å². The zero-order chi connectivity index (χ0) is 16.9. The highest BCUT2D eigenvalue weighted by Crippen LogP contribution is 2.23. The highest BCUT2D eigenvalue weighted by Gasteiger charge is 2.26. The number of aromatic nitrogens is 1. The van der Waals surface area contributed by atoms with Crippen molar-refractivity contribution in [2.75, 3.05) is 13.1 Å². The zero-order valence-corrected chi connectivity index (χ0v) is 14.0. The molecule has 5 heteroatoms. The molecule has 0 radical (unpaired) electrons. The molecule has 0 saturated carbocycles. The van der Waals surface area contributed by atoms with Gasteiger partial charge in [0.05, 0.1) is 5.69 Å². The highest BCUT2D eigenvalue weighted by atomic mass is 19.1. The fourth-order valence-electron chi connectivity index (χ4n) is 3.24. The van der Waals surface area contributed by atoms with Gasteiger partial charge in [0.1, 0.15) is 5.82 Å². The quantitative estimate of drug-likeness (QED) is 0.836. The Kier molecular flexibility index (Phi) is 5.28. The Bertz CT molecular complexity index is 681. The van der Waals surface area contributed by atoms with E-state index in [0.717, 1.165) is 56.5 Å². The lowest BCUT2D eigenvalue weighted by molar-refractivity contribution is 0.0626. The van der Waals surface area contributed by atoms with Crippen molar-refractivity contribution in [3.8, 4) is 0 Å². The minimum atomic E-state index is -0.202. The molecule has 0 unspecified atom stereocenters. The van der Waals surface area contributed by atoms with Crippen LogP contribution in [0.3, 0.4) is 0 Å². The van der Waals surface area contributed by atoms with Gasteiger partial charge in [0.15, 0.2) is 0 Å². The van der Waals surface area contributed by atoms with Crippen LogP contribution >= 0.6 is 0 Å². The zero-order valence-electron chi connectivity index (χ0n) is 14.0. The Morgan fingerprint density at radius 2 is 2.17 bits per heavy atom. The van der Waals surface area contributed by atoms with E-state index in [4.69, 9.17) is 4.52 Å². The van der Waals surface area contributed by atoms with Crippen molar-refractivity contribution in [2.45, 2.75) is 39.0 Å². The van der Waals surface area contributed by atoms with E-state index < -0.39 is 0 Å². The number of hydrogen-bond acceptors (Lipinski definition) is 3. The molecule has 4 nitrogen and oxygen atoms in total. The number of benzene rings is 1. The van der Waals surface area contributed by atoms with Crippen LogP contribution in [0, 0.1) is 11.7 Å². The summed E-state index contributed by atoms with van der Waals surface area (Å²) in [5, 5.41) is 3.90. The molecule has 2 aromatic rings. The third-order valence-corrected chi connectivity index (χ3v) is 4.69. The second-order valence-corrected chi connectivity index (χ2v) is 6.46. The van der Waals surface area contributed by atoms with Gasteiger partial charge in [-0.05, 0) is 55.7 Å². The second kappa shape index (κ2) is 7.60. The monoisotopic (exact) mass is 330 g/mol. The molecule has 1 fully saturated rings. The maximum Gasteiger partial charge on any atom is 0.292 e. The molecule has 1 aliphatic rings. The number of piperidine rings is 1. The molecule has 0 N–H and O–H groups in total. The number of amides is 1. The minimum Gasteiger partial charge on any atom is -0.351 e. The third-order valence-electron chi connectivity index (χ3n) is 4.69. The average Bonchev–Trinajstić information content (AvgIpc) is 3.10. The first-order chi connectivity index (χ1) is 11.7. The Morgan fingerprint density at radius 3 is 2.88 bits per heavy atom. The number of nitrogens with zero attached hydrogens (tertiary/aromatic N) is 2. The molecule has 1 aromatic carbocycles. The van der Waals surface area contributed by atoms with Gasteiger partial charge < -0.3 is 9.42 Å². The van der Waals surface area contributed by atoms with Crippen LogP contribution in [-0.4, -0.2) is 29.1 Å². The normalized spacial score (nSPS) is 17.9. The molecule has 1 saturated heterocycles. The van der Waals surface area contributed by atoms with Crippen molar-refractivity contribution in [1.29, 1.82) is 0 Å². The number of hydrogen-bond donors (Lipinski definition) is 0. The molecule has 1 amide bonds. The fraction of sp³-hybridized carbons (Fsp3) is 0.474. The van der Waals surface area contributed by atoms with Crippen LogP contribution in [0.15, 0.2) is 34.9 Å². The summed E-state index contributed by atoms with van der Waals surface area (Å²) in [5.74, 6) is 0.549. The van der Waals surface area contributed by atoms with E-state index >= 15 is 0 Å². The lowest BCUT2D eigenvalue weighted by Crippen LogP contribution is -2.39. The predicted octanol–water partition coefficient (Wildman–Crippen LogP) is 3.86. The third kappa shape index (κ3) is 4.02. The first-order valence-electron chi connectivity index (χ1n) is 8.65. The molecule has 0 spiro atoms. The molecule has 1 aromatic heterocycles. The van der Waals surface area contributed by atoms with Crippen LogP contribution in [0.5, 0.6) is 0 Å².